The summed E-state index contributed by atoms with van der Waals surface area (Å²) in [6, 6.07) is 1.81. The third-order valence-corrected chi connectivity index (χ3v) is 4.02. The largest absolute Gasteiger partial charge is 0.342 e. The summed E-state index contributed by atoms with van der Waals surface area (Å²) in [5, 5.41) is 7.19. The molecule has 2 fully saturated rings. The highest BCUT2D eigenvalue weighted by molar-refractivity contribution is 6.03. The van der Waals surface area contributed by atoms with E-state index in [4.69, 9.17) is 0 Å². The first kappa shape index (κ1) is 12.2. The van der Waals surface area contributed by atoms with Gasteiger partial charge in [-0.15, -0.1) is 0 Å². The maximum Gasteiger partial charge on any atom is 0.253 e. The van der Waals surface area contributed by atoms with Crippen LogP contribution in [-0.4, -0.2) is 33.7 Å². The maximum absolute atomic E-state index is 12.8. The smallest absolute Gasteiger partial charge is 0.253 e. The highest BCUT2D eigenvalue weighted by Crippen LogP contribution is 2.41. The van der Waals surface area contributed by atoms with Gasteiger partial charge in [-0.1, -0.05) is 0 Å². The second-order valence-electron chi connectivity index (χ2n) is 5.58. The number of aryl methyl sites for hydroxylation is 1. The second kappa shape index (κ2) is 4.08. The molecule has 19 heavy (non-hydrogen) atoms. The van der Waals surface area contributed by atoms with Gasteiger partial charge in [0.05, 0.1) is 0 Å². The molecule has 1 N–H and O–H groups in total. The Balaban J connectivity index is 1.96. The minimum absolute atomic E-state index is 0.0421. The molecule has 2 heterocycles. The van der Waals surface area contributed by atoms with Gasteiger partial charge in [0.25, 0.3) is 5.91 Å². The van der Waals surface area contributed by atoms with Crippen LogP contribution in [-0.2, 0) is 16.6 Å². The second-order valence-corrected chi connectivity index (χ2v) is 5.58. The van der Waals surface area contributed by atoms with Crippen LogP contribution < -0.4 is 10.2 Å². The van der Waals surface area contributed by atoms with Crippen molar-refractivity contribution in [3.63, 3.8) is 0 Å². The van der Waals surface area contributed by atoms with Crippen molar-refractivity contribution >= 4 is 17.6 Å². The number of hydrogen-bond acceptors (Lipinski definition) is 3. The van der Waals surface area contributed by atoms with Crippen LogP contribution in [0.3, 0.4) is 0 Å². The highest BCUT2D eigenvalue weighted by Gasteiger charge is 2.51. The first-order valence-electron chi connectivity index (χ1n) is 6.63. The Morgan fingerprint density at radius 2 is 2.16 bits per heavy atom. The minimum atomic E-state index is -0.773. The molecule has 1 aliphatic carbocycles. The Kier molecular flexibility index (Phi) is 2.62. The predicted octanol–water partition coefficient (Wildman–Crippen LogP) is 0.442. The molecule has 1 unspecified atom stereocenters. The molecule has 1 aromatic rings. The summed E-state index contributed by atoms with van der Waals surface area (Å²) >= 11 is 0. The van der Waals surface area contributed by atoms with Crippen molar-refractivity contribution in [2.45, 2.75) is 31.7 Å². The summed E-state index contributed by atoms with van der Waals surface area (Å²) < 4.78 is 1.66. The minimum Gasteiger partial charge on any atom is -0.342 e. The number of carbonyl (C=O) groups is 2. The first-order valence-corrected chi connectivity index (χ1v) is 6.63. The molecule has 102 valence electrons. The number of hydrogen-bond donors (Lipinski definition) is 1. The summed E-state index contributed by atoms with van der Waals surface area (Å²) in [6.07, 6.45) is 4.12. The zero-order chi connectivity index (χ0) is 13.6. The van der Waals surface area contributed by atoms with Crippen LogP contribution in [0.1, 0.15) is 26.2 Å². The van der Waals surface area contributed by atoms with Crippen LogP contribution in [0.2, 0.25) is 0 Å². The van der Waals surface area contributed by atoms with E-state index >= 15 is 0 Å². The molecule has 1 atom stereocenters. The standard InChI is InChI=1S/C13H18N4O2/c1-13(9-3-4-9)12(19)17(8-6-11(18)14-13)10-5-7-16(2)15-10/h5,7,9H,3-4,6,8H2,1-2H3,(H,14,18). The summed E-state index contributed by atoms with van der Waals surface area (Å²) in [6.45, 7) is 2.23. The van der Waals surface area contributed by atoms with Crippen LogP contribution in [0.5, 0.6) is 0 Å². The summed E-state index contributed by atoms with van der Waals surface area (Å²) in [5.74, 6) is 0.782. The molecular weight excluding hydrogens is 244 g/mol. The number of nitrogens with one attached hydrogen (secondary N) is 1. The molecular formula is C13H18N4O2. The van der Waals surface area contributed by atoms with E-state index in [1.54, 1.807) is 21.8 Å². The molecule has 2 aliphatic rings. The van der Waals surface area contributed by atoms with E-state index in [9.17, 15) is 9.59 Å². The average Bonchev–Trinajstić information content (AvgIpc) is 3.14. The molecule has 0 bridgehead atoms. The van der Waals surface area contributed by atoms with Crippen LogP contribution >= 0.6 is 0 Å². The molecule has 1 aliphatic heterocycles. The summed E-state index contributed by atoms with van der Waals surface area (Å²) in [7, 11) is 1.81. The number of aromatic nitrogens is 2. The van der Waals surface area contributed by atoms with Gasteiger partial charge < -0.3 is 5.32 Å². The van der Waals surface area contributed by atoms with E-state index in [1.165, 1.54) is 0 Å². The molecule has 1 saturated carbocycles. The van der Waals surface area contributed by atoms with Gasteiger partial charge in [-0.2, -0.15) is 5.10 Å². The van der Waals surface area contributed by atoms with Gasteiger partial charge >= 0.3 is 0 Å². The number of rotatable bonds is 2. The lowest BCUT2D eigenvalue weighted by atomic mass is 9.94. The number of anilines is 1. The number of carbonyl (C=O) groups excluding carboxylic acids is 2. The van der Waals surface area contributed by atoms with E-state index in [2.05, 4.69) is 10.4 Å². The van der Waals surface area contributed by atoms with Gasteiger partial charge in [0.2, 0.25) is 5.91 Å². The monoisotopic (exact) mass is 262 g/mol. The fourth-order valence-corrected chi connectivity index (χ4v) is 2.70. The lowest BCUT2D eigenvalue weighted by Crippen LogP contribution is -2.57. The quantitative estimate of drug-likeness (QED) is 0.841. The normalized spacial score (nSPS) is 28.2. The van der Waals surface area contributed by atoms with Crippen molar-refractivity contribution in [2.24, 2.45) is 13.0 Å². The van der Waals surface area contributed by atoms with E-state index in [0.717, 1.165) is 12.8 Å². The van der Waals surface area contributed by atoms with Gasteiger partial charge in [-0.25, -0.2) is 0 Å². The molecule has 0 radical (unpaired) electrons. The molecule has 6 heteroatoms. The molecule has 0 spiro atoms. The van der Waals surface area contributed by atoms with Crippen molar-refractivity contribution < 1.29 is 9.59 Å². The van der Waals surface area contributed by atoms with Gasteiger partial charge in [0, 0.05) is 32.3 Å². The number of amides is 2. The van der Waals surface area contributed by atoms with Crippen molar-refractivity contribution in [1.82, 2.24) is 15.1 Å². The van der Waals surface area contributed by atoms with Crippen LogP contribution in [0, 0.1) is 5.92 Å². The Hall–Kier alpha value is -1.85. The molecule has 2 amide bonds. The fraction of sp³-hybridized carbons (Fsp3) is 0.615. The zero-order valence-corrected chi connectivity index (χ0v) is 11.2. The van der Waals surface area contributed by atoms with Gasteiger partial charge in [0.15, 0.2) is 5.82 Å². The van der Waals surface area contributed by atoms with Gasteiger partial charge in [-0.3, -0.25) is 19.2 Å². The van der Waals surface area contributed by atoms with Gasteiger partial charge in [0.1, 0.15) is 5.54 Å². The third kappa shape index (κ3) is 2.01. The molecule has 3 rings (SSSR count). The molecule has 1 saturated heterocycles. The van der Waals surface area contributed by atoms with Crippen molar-refractivity contribution in [1.29, 1.82) is 0 Å². The van der Waals surface area contributed by atoms with E-state index in [-0.39, 0.29) is 17.7 Å². The van der Waals surface area contributed by atoms with E-state index in [1.807, 2.05) is 14.0 Å². The topological polar surface area (TPSA) is 67.2 Å². The Labute approximate surface area is 111 Å². The van der Waals surface area contributed by atoms with Crippen LogP contribution in [0.25, 0.3) is 0 Å². The Bertz CT molecular complexity index is 535. The summed E-state index contributed by atoms with van der Waals surface area (Å²) in [5.41, 5.74) is -0.773. The third-order valence-electron chi connectivity index (χ3n) is 4.02. The molecule has 0 aromatic carbocycles. The first-order chi connectivity index (χ1) is 9.00. The van der Waals surface area contributed by atoms with Crippen LogP contribution in [0.4, 0.5) is 5.82 Å². The van der Waals surface area contributed by atoms with Crippen molar-refractivity contribution in [2.75, 3.05) is 11.4 Å². The molecule has 1 aromatic heterocycles. The average molecular weight is 262 g/mol. The predicted molar refractivity (Wildman–Crippen MR) is 69.4 cm³/mol. The maximum atomic E-state index is 12.8. The van der Waals surface area contributed by atoms with Gasteiger partial charge in [-0.05, 0) is 25.7 Å². The van der Waals surface area contributed by atoms with Crippen molar-refractivity contribution in [3.05, 3.63) is 12.3 Å². The summed E-state index contributed by atoms with van der Waals surface area (Å²) in [4.78, 5) is 26.2. The number of nitrogens with zero attached hydrogens (tertiary/aromatic N) is 3. The van der Waals surface area contributed by atoms with Crippen molar-refractivity contribution in [3.8, 4) is 0 Å². The SMILES string of the molecule is Cn1ccc(N2CCC(=O)NC(C)(C3CC3)C2=O)n1. The Morgan fingerprint density at radius 1 is 1.42 bits per heavy atom. The lowest BCUT2D eigenvalue weighted by molar-refractivity contribution is -0.130. The fourth-order valence-electron chi connectivity index (χ4n) is 2.70. The van der Waals surface area contributed by atoms with Crippen LogP contribution in [0.15, 0.2) is 12.3 Å². The Morgan fingerprint density at radius 3 is 2.74 bits per heavy atom. The van der Waals surface area contributed by atoms with E-state index < -0.39 is 5.54 Å². The lowest BCUT2D eigenvalue weighted by Gasteiger charge is -2.31. The molecule has 6 nitrogen and oxygen atoms in total. The highest BCUT2D eigenvalue weighted by atomic mass is 16.2. The van der Waals surface area contributed by atoms with E-state index in [0.29, 0.717) is 18.8 Å². The zero-order valence-electron chi connectivity index (χ0n) is 11.2.